The number of nitriles is 1. The SMILES string of the molecule is COC(=O)c1c(N)c(C#N)cn1-c1ccc2[nH]c(C(C)(C)C)cc2c1. The fraction of sp³-hybridized carbons (Fsp3) is 0.263. The van der Waals surface area contributed by atoms with Crippen molar-refractivity contribution in [3.63, 3.8) is 0 Å². The summed E-state index contributed by atoms with van der Waals surface area (Å²) >= 11 is 0. The fourth-order valence-corrected chi connectivity index (χ4v) is 2.79. The van der Waals surface area contributed by atoms with E-state index in [9.17, 15) is 10.1 Å². The normalized spacial score (nSPS) is 11.5. The van der Waals surface area contributed by atoms with Crippen LogP contribution in [0.3, 0.4) is 0 Å². The van der Waals surface area contributed by atoms with Gasteiger partial charge in [0, 0.05) is 33.9 Å². The van der Waals surface area contributed by atoms with Crippen molar-refractivity contribution in [3.8, 4) is 11.8 Å². The molecule has 0 saturated heterocycles. The van der Waals surface area contributed by atoms with Gasteiger partial charge in [-0.25, -0.2) is 4.79 Å². The number of H-pyrrole nitrogens is 1. The Balaban J connectivity index is 2.20. The van der Waals surface area contributed by atoms with Crippen LogP contribution in [0.25, 0.3) is 16.6 Å². The van der Waals surface area contributed by atoms with Gasteiger partial charge in [-0.1, -0.05) is 20.8 Å². The minimum atomic E-state index is -0.580. The molecule has 0 atom stereocenters. The average molecular weight is 336 g/mol. The number of nitrogens with zero attached hydrogens (tertiary/aromatic N) is 2. The first-order valence-electron chi connectivity index (χ1n) is 7.89. The van der Waals surface area contributed by atoms with Crippen LogP contribution in [0.15, 0.2) is 30.5 Å². The smallest absolute Gasteiger partial charge is 0.357 e. The minimum absolute atomic E-state index is 0.00220. The van der Waals surface area contributed by atoms with Gasteiger partial charge in [-0.3, -0.25) is 0 Å². The van der Waals surface area contributed by atoms with E-state index in [0.717, 1.165) is 22.3 Å². The number of rotatable bonds is 2. The standard InChI is InChI=1S/C19H20N4O2/c1-19(2,3)15-8-11-7-13(5-6-14(11)22-15)23-10-12(9-20)16(21)17(23)18(24)25-4/h5-8,10,22H,21H2,1-4H3. The van der Waals surface area contributed by atoms with Gasteiger partial charge in [0.15, 0.2) is 5.69 Å². The molecule has 25 heavy (non-hydrogen) atoms. The molecule has 0 amide bonds. The van der Waals surface area contributed by atoms with Crippen molar-refractivity contribution in [2.75, 3.05) is 12.8 Å². The summed E-state index contributed by atoms with van der Waals surface area (Å²) in [5, 5.41) is 10.2. The highest BCUT2D eigenvalue weighted by molar-refractivity contribution is 5.96. The molecular formula is C19H20N4O2. The molecule has 0 aliphatic carbocycles. The lowest BCUT2D eigenvalue weighted by atomic mass is 9.92. The molecule has 2 heterocycles. The van der Waals surface area contributed by atoms with Crippen LogP contribution in [0.1, 0.15) is 42.5 Å². The number of anilines is 1. The van der Waals surface area contributed by atoms with Crippen LogP contribution in [-0.2, 0) is 10.2 Å². The maximum absolute atomic E-state index is 12.1. The number of methoxy groups -OCH3 is 1. The Morgan fingerprint density at radius 3 is 2.64 bits per heavy atom. The summed E-state index contributed by atoms with van der Waals surface area (Å²) in [5.74, 6) is -0.580. The number of nitrogens with one attached hydrogen (secondary N) is 1. The molecule has 1 aromatic carbocycles. The summed E-state index contributed by atoms with van der Waals surface area (Å²) < 4.78 is 6.42. The van der Waals surface area contributed by atoms with Crippen molar-refractivity contribution in [1.29, 1.82) is 5.26 Å². The van der Waals surface area contributed by atoms with E-state index < -0.39 is 5.97 Å². The monoisotopic (exact) mass is 336 g/mol. The zero-order chi connectivity index (χ0) is 18.4. The van der Waals surface area contributed by atoms with Gasteiger partial charge in [0.1, 0.15) is 6.07 Å². The van der Waals surface area contributed by atoms with Gasteiger partial charge in [0.05, 0.1) is 18.4 Å². The van der Waals surface area contributed by atoms with E-state index in [2.05, 4.69) is 31.8 Å². The Hall–Kier alpha value is -3.20. The summed E-state index contributed by atoms with van der Waals surface area (Å²) in [4.78, 5) is 15.5. The Bertz CT molecular complexity index is 1010. The van der Waals surface area contributed by atoms with E-state index >= 15 is 0 Å². The number of ether oxygens (including phenoxy) is 1. The number of hydrogen-bond donors (Lipinski definition) is 2. The molecule has 3 rings (SSSR count). The number of nitrogens with two attached hydrogens (primary N) is 1. The molecule has 3 N–H and O–H groups in total. The molecule has 0 unspecified atom stereocenters. The maximum Gasteiger partial charge on any atom is 0.357 e. The van der Waals surface area contributed by atoms with E-state index in [-0.39, 0.29) is 22.4 Å². The molecule has 2 aromatic heterocycles. The lowest BCUT2D eigenvalue weighted by Crippen LogP contribution is -2.11. The third kappa shape index (κ3) is 2.74. The highest BCUT2D eigenvalue weighted by Crippen LogP contribution is 2.29. The first kappa shape index (κ1) is 16.7. The largest absolute Gasteiger partial charge is 0.464 e. The molecule has 6 nitrogen and oxygen atoms in total. The van der Waals surface area contributed by atoms with Crippen LogP contribution in [-0.4, -0.2) is 22.6 Å². The van der Waals surface area contributed by atoms with Crippen LogP contribution < -0.4 is 5.73 Å². The average Bonchev–Trinajstić information content (AvgIpc) is 3.14. The third-order valence-electron chi connectivity index (χ3n) is 4.23. The van der Waals surface area contributed by atoms with Crippen LogP contribution in [0.5, 0.6) is 0 Å². The van der Waals surface area contributed by atoms with Crippen molar-refractivity contribution in [2.45, 2.75) is 26.2 Å². The van der Waals surface area contributed by atoms with E-state index in [1.165, 1.54) is 7.11 Å². The predicted molar refractivity (Wildman–Crippen MR) is 96.8 cm³/mol. The van der Waals surface area contributed by atoms with Crippen molar-refractivity contribution < 1.29 is 9.53 Å². The van der Waals surface area contributed by atoms with Gasteiger partial charge in [0.25, 0.3) is 0 Å². The zero-order valence-corrected chi connectivity index (χ0v) is 14.7. The number of esters is 1. The van der Waals surface area contributed by atoms with Crippen molar-refractivity contribution in [1.82, 2.24) is 9.55 Å². The number of hydrogen-bond acceptors (Lipinski definition) is 4. The van der Waals surface area contributed by atoms with Gasteiger partial charge in [-0.2, -0.15) is 5.26 Å². The molecule has 0 aliphatic heterocycles. The Kier molecular flexibility index (Phi) is 3.80. The Morgan fingerprint density at radius 1 is 1.32 bits per heavy atom. The lowest BCUT2D eigenvalue weighted by Gasteiger charge is -2.15. The van der Waals surface area contributed by atoms with E-state index in [1.54, 1.807) is 10.8 Å². The second-order valence-corrected chi connectivity index (χ2v) is 6.98. The second kappa shape index (κ2) is 5.71. The first-order valence-corrected chi connectivity index (χ1v) is 7.89. The molecule has 0 saturated carbocycles. The summed E-state index contributed by atoms with van der Waals surface area (Å²) in [6.07, 6.45) is 1.56. The molecular weight excluding hydrogens is 316 g/mol. The van der Waals surface area contributed by atoms with Crippen molar-refractivity contribution in [2.24, 2.45) is 0 Å². The Morgan fingerprint density at radius 2 is 2.04 bits per heavy atom. The number of nitrogen functional groups attached to an aromatic ring is 1. The topological polar surface area (TPSA) is 96.8 Å². The third-order valence-corrected chi connectivity index (χ3v) is 4.23. The number of aromatic nitrogens is 2. The Labute approximate surface area is 145 Å². The summed E-state index contributed by atoms with van der Waals surface area (Å²) in [6, 6.07) is 9.87. The molecule has 0 fully saturated rings. The highest BCUT2D eigenvalue weighted by Gasteiger charge is 2.22. The summed E-state index contributed by atoms with van der Waals surface area (Å²) in [7, 11) is 1.29. The summed E-state index contributed by atoms with van der Waals surface area (Å²) in [5.41, 5.74) is 9.34. The number of fused-ring (bicyclic) bond motifs is 1. The number of aromatic amines is 1. The first-order chi connectivity index (χ1) is 11.8. The summed E-state index contributed by atoms with van der Waals surface area (Å²) in [6.45, 7) is 6.42. The number of carbonyl (C=O) groups excluding carboxylic acids is 1. The molecule has 0 aliphatic rings. The van der Waals surface area contributed by atoms with Gasteiger partial charge in [-0.15, -0.1) is 0 Å². The van der Waals surface area contributed by atoms with E-state index in [1.807, 2.05) is 24.3 Å². The van der Waals surface area contributed by atoms with Crippen molar-refractivity contribution in [3.05, 3.63) is 47.4 Å². The van der Waals surface area contributed by atoms with E-state index in [4.69, 9.17) is 10.5 Å². The highest BCUT2D eigenvalue weighted by atomic mass is 16.5. The predicted octanol–water partition coefficient (Wildman–Crippen LogP) is 3.50. The fourth-order valence-electron chi connectivity index (χ4n) is 2.79. The van der Waals surface area contributed by atoms with Crippen LogP contribution in [0.4, 0.5) is 5.69 Å². The minimum Gasteiger partial charge on any atom is -0.464 e. The van der Waals surface area contributed by atoms with Gasteiger partial charge in [0.2, 0.25) is 0 Å². The lowest BCUT2D eigenvalue weighted by molar-refractivity contribution is 0.0593. The number of carbonyl (C=O) groups is 1. The molecule has 0 radical (unpaired) electrons. The zero-order valence-electron chi connectivity index (χ0n) is 14.7. The maximum atomic E-state index is 12.1. The quantitative estimate of drug-likeness (QED) is 0.700. The van der Waals surface area contributed by atoms with Gasteiger partial charge in [-0.05, 0) is 24.3 Å². The molecule has 0 bridgehead atoms. The van der Waals surface area contributed by atoms with Crippen molar-refractivity contribution >= 4 is 22.6 Å². The molecule has 0 spiro atoms. The molecule has 3 aromatic rings. The molecule has 128 valence electrons. The van der Waals surface area contributed by atoms with Crippen LogP contribution in [0, 0.1) is 11.3 Å². The van der Waals surface area contributed by atoms with Gasteiger partial charge >= 0.3 is 5.97 Å². The van der Waals surface area contributed by atoms with Crippen LogP contribution >= 0.6 is 0 Å². The van der Waals surface area contributed by atoms with E-state index in [0.29, 0.717) is 0 Å². The second-order valence-electron chi connectivity index (χ2n) is 6.98. The number of benzene rings is 1. The van der Waals surface area contributed by atoms with Gasteiger partial charge < -0.3 is 20.0 Å². The van der Waals surface area contributed by atoms with Crippen LogP contribution in [0.2, 0.25) is 0 Å². The molecule has 6 heteroatoms.